The highest BCUT2D eigenvalue weighted by atomic mass is 32.2. The fourth-order valence-electron chi connectivity index (χ4n) is 1.51. The van der Waals surface area contributed by atoms with E-state index in [-0.39, 0.29) is 10.9 Å². The van der Waals surface area contributed by atoms with Gasteiger partial charge in [-0.25, -0.2) is 0 Å². The highest BCUT2D eigenvalue weighted by Crippen LogP contribution is 2.22. The van der Waals surface area contributed by atoms with Gasteiger partial charge in [0.05, 0.1) is 11.9 Å². The summed E-state index contributed by atoms with van der Waals surface area (Å²) in [5.74, 6) is 6.20. The van der Waals surface area contributed by atoms with Crippen molar-refractivity contribution in [3.05, 3.63) is 35.9 Å². The Morgan fingerprint density at radius 3 is 2.42 bits per heavy atom. The topological polar surface area (TPSA) is 26.3 Å². The average molecular weight is 278 g/mol. The van der Waals surface area contributed by atoms with Gasteiger partial charge in [0.1, 0.15) is 6.61 Å². The number of ether oxygens (including phenoxy) is 1. The van der Waals surface area contributed by atoms with E-state index >= 15 is 0 Å². The summed E-state index contributed by atoms with van der Waals surface area (Å²) in [5.41, 5.74) is 1.05. The molecule has 3 heteroatoms. The van der Waals surface area contributed by atoms with Crippen molar-refractivity contribution in [2.24, 2.45) is 0 Å². The summed E-state index contributed by atoms with van der Waals surface area (Å²) in [6, 6.07) is 9.91. The molecule has 1 rings (SSSR count). The van der Waals surface area contributed by atoms with E-state index in [1.54, 1.807) is 6.92 Å². The molecule has 0 unspecified atom stereocenters. The number of hydrogen-bond acceptors (Lipinski definition) is 2. The molecule has 1 aromatic rings. The van der Waals surface area contributed by atoms with Gasteiger partial charge < -0.3 is 4.74 Å². The largest absolute Gasteiger partial charge is 0.360 e. The molecule has 0 amide bonds. The first kappa shape index (κ1) is 15.9. The van der Waals surface area contributed by atoms with Crippen molar-refractivity contribution < 1.29 is 8.95 Å². The molecule has 2 nitrogen and oxygen atoms in total. The van der Waals surface area contributed by atoms with Crippen LogP contribution in [0, 0.1) is 11.8 Å². The first-order valence-corrected chi connectivity index (χ1v) is 7.71. The lowest BCUT2D eigenvalue weighted by Gasteiger charge is -2.23. The molecule has 0 heterocycles. The van der Waals surface area contributed by atoms with E-state index in [1.165, 1.54) is 0 Å². The van der Waals surface area contributed by atoms with E-state index in [0.29, 0.717) is 12.4 Å². The van der Waals surface area contributed by atoms with Gasteiger partial charge in [0, 0.05) is 15.5 Å². The maximum absolute atomic E-state index is 12.3. The van der Waals surface area contributed by atoms with Gasteiger partial charge in [-0.1, -0.05) is 36.3 Å². The van der Waals surface area contributed by atoms with Crippen LogP contribution in [0.2, 0.25) is 0 Å². The first-order valence-electron chi connectivity index (χ1n) is 6.40. The van der Waals surface area contributed by atoms with Crippen LogP contribution >= 0.6 is 0 Å². The second-order valence-corrected chi connectivity index (χ2v) is 7.51. The number of rotatable bonds is 5. The van der Waals surface area contributed by atoms with Crippen molar-refractivity contribution in [3.63, 3.8) is 0 Å². The zero-order valence-corrected chi connectivity index (χ0v) is 12.9. The standard InChI is InChI=1S/C16H22O2S/c1-5-6-12-18-15(13-19(17)16(2,3)4)14-10-8-7-9-11-14/h7-11,15H,12-13H2,1-4H3/t15-,19-/m0/s1. The third-order valence-corrected chi connectivity index (χ3v) is 4.66. The normalized spacial score (nSPS) is 14.3. The van der Waals surface area contributed by atoms with E-state index in [9.17, 15) is 4.21 Å². The molecule has 0 saturated heterocycles. The highest BCUT2D eigenvalue weighted by Gasteiger charge is 2.24. The van der Waals surface area contributed by atoms with Crippen LogP contribution in [0.25, 0.3) is 0 Å². The molecule has 0 fully saturated rings. The van der Waals surface area contributed by atoms with Crippen molar-refractivity contribution in [3.8, 4) is 11.8 Å². The molecule has 0 bridgehead atoms. The van der Waals surface area contributed by atoms with Gasteiger partial charge in [0.25, 0.3) is 0 Å². The number of benzene rings is 1. The Bertz CT molecular complexity index is 463. The molecule has 0 spiro atoms. The third kappa shape index (κ3) is 5.59. The Kier molecular flexibility index (Phi) is 6.27. The van der Waals surface area contributed by atoms with Gasteiger partial charge in [0.15, 0.2) is 0 Å². The van der Waals surface area contributed by atoms with Gasteiger partial charge >= 0.3 is 0 Å². The predicted octanol–water partition coefficient (Wildman–Crippen LogP) is 3.31. The lowest BCUT2D eigenvalue weighted by molar-refractivity contribution is 0.0952. The maximum atomic E-state index is 12.3. The highest BCUT2D eigenvalue weighted by molar-refractivity contribution is 7.86. The van der Waals surface area contributed by atoms with Crippen LogP contribution in [0.5, 0.6) is 0 Å². The minimum Gasteiger partial charge on any atom is -0.360 e. The molecule has 0 radical (unpaired) electrons. The van der Waals surface area contributed by atoms with Crippen LogP contribution in [0.1, 0.15) is 39.4 Å². The van der Waals surface area contributed by atoms with Crippen LogP contribution in [0.15, 0.2) is 30.3 Å². The van der Waals surface area contributed by atoms with Crippen molar-refractivity contribution >= 4 is 10.8 Å². The van der Waals surface area contributed by atoms with Crippen molar-refractivity contribution in [1.29, 1.82) is 0 Å². The minimum atomic E-state index is -0.946. The summed E-state index contributed by atoms with van der Waals surface area (Å²) < 4.78 is 17.8. The molecule has 0 aromatic heterocycles. The summed E-state index contributed by atoms with van der Waals surface area (Å²) in [6.45, 7) is 8.11. The fourth-order valence-corrected chi connectivity index (χ4v) is 2.57. The Balaban J connectivity index is 2.80. The lowest BCUT2D eigenvalue weighted by Crippen LogP contribution is -2.27. The summed E-state index contributed by atoms with van der Waals surface area (Å²) in [4.78, 5) is 0. The quantitative estimate of drug-likeness (QED) is 0.772. The van der Waals surface area contributed by atoms with Crippen molar-refractivity contribution in [1.82, 2.24) is 0 Å². The second kappa shape index (κ2) is 7.47. The Hall–Kier alpha value is -1.11. The Labute approximate surface area is 119 Å². The van der Waals surface area contributed by atoms with Crippen LogP contribution in [0.3, 0.4) is 0 Å². The maximum Gasteiger partial charge on any atom is 0.108 e. The van der Waals surface area contributed by atoms with Crippen LogP contribution in [-0.4, -0.2) is 21.3 Å². The van der Waals surface area contributed by atoms with Crippen LogP contribution in [-0.2, 0) is 15.5 Å². The fraction of sp³-hybridized carbons (Fsp3) is 0.500. The van der Waals surface area contributed by atoms with Gasteiger partial charge in [0.2, 0.25) is 0 Å². The van der Waals surface area contributed by atoms with Gasteiger partial charge in [-0.3, -0.25) is 4.21 Å². The van der Waals surface area contributed by atoms with Gasteiger partial charge in [-0.05, 0) is 33.3 Å². The van der Waals surface area contributed by atoms with E-state index in [0.717, 1.165) is 5.56 Å². The van der Waals surface area contributed by atoms with Crippen LogP contribution < -0.4 is 0 Å². The smallest absolute Gasteiger partial charge is 0.108 e. The molecule has 0 aliphatic carbocycles. The molecular formula is C16H22O2S. The van der Waals surface area contributed by atoms with Gasteiger partial charge in [-0.2, -0.15) is 0 Å². The molecule has 0 saturated carbocycles. The molecular weight excluding hydrogens is 256 g/mol. The van der Waals surface area contributed by atoms with E-state index in [1.807, 2.05) is 51.1 Å². The molecule has 2 atom stereocenters. The number of hydrogen-bond donors (Lipinski definition) is 0. The monoisotopic (exact) mass is 278 g/mol. The second-order valence-electron chi connectivity index (χ2n) is 5.26. The zero-order chi connectivity index (χ0) is 14.3. The molecule has 19 heavy (non-hydrogen) atoms. The van der Waals surface area contributed by atoms with E-state index < -0.39 is 10.8 Å². The first-order chi connectivity index (χ1) is 8.95. The molecule has 1 aromatic carbocycles. The summed E-state index contributed by atoms with van der Waals surface area (Å²) in [6.07, 6.45) is -0.165. The average Bonchev–Trinajstić information content (AvgIpc) is 2.37. The predicted molar refractivity (Wildman–Crippen MR) is 81.3 cm³/mol. The SMILES string of the molecule is CC#CCO[C@@H](C[S@](=O)C(C)(C)C)c1ccccc1. The van der Waals surface area contributed by atoms with E-state index in [4.69, 9.17) is 4.74 Å². The molecule has 0 aliphatic rings. The van der Waals surface area contributed by atoms with E-state index in [2.05, 4.69) is 11.8 Å². The molecule has 0 aliphatic heterocycles. The Morgan fingerprint density at radius 2 is 1.89 bits per heavy atom. The molecule has 0 N–H and O–H groups in total. The van der Waals surface area contributed by atoms with Crippen molar-refractivity contribution in [2.45, 2.75) is 38.5 Å². The van der Waals surface area contributed by atoms with Crippen LogP contribution in [0.4, 0.5) is 0 Å². The zero-order valence-electron chi connectivity index (χ0n) is 12.1. The third-order valence-electron chi connectivity index (χ3n) is 2.69. The summed E-state index contributed by atoms with van der Waals surface area (Å²) >= 11 is 0. The van der Waals surface area contributed by atoms with Gasteiger partial charge in [-0.15, -0.1) is 5.92 Å². The molecule has 104 valence electrons. The lowest BCUT2D eigenvalue weighted by atomic mass is 10.1. The summed E-state index contributed by atoms with van der Waals surface area (Å²) in [5, 5.41) is 0. The Morgan fingerprint density at radius 1 is 1.26 bits per heavy atom. The minimum absolute atomic E-state index is 0.165. The van der Waals surface area contributed by atoms with Crippen molar-refractivity contribution in [2.75, 3.05) is 12.4 Å². The summed E-state index contributed by atoms with van der Waals surface area (Å²) in [7, 11) is -0.946.